The van der Waals surface area contributed by atoms with E-state index in [9.17, 15) is 0 Å². The van der Waals surface area contributed by atoms with Crippen LogP contribution in [0.15, 0.2) is 133 Å². The third-order valence-electron chi connectivity index (χ3n) is 7.73. The molecule has 0 bridgehead atoms. The standard InChI is InChI=1S/C39H42N2O3/c1-31(17-18-32-19-22-37(23-20-32)42-28-34-11-5-2-6-12-34)41(40)26-25-33-21-24-38(43-29-35-13-7-3-8-14-35)39(27-33)44-30-36-15-9-4-10-16-36/h2-16,19-24,27,31H,17-18,25-26,28-30,40H2,1H3. The maximum Gasteiger partial charge on any atom is 0.161 e. The van der Waals surface area contributed by atoms with Gasteiger partial charge in [-0.15, -0.1) is 0 Å². The summed E-state index contributed by atoms with van der Waals surface area (Å²) in [6, 6.07) is 45.4. The molecule has 0 aliphatic rings. The second-order valence-corrected chi connectivity index (χ2v) is 11.1. The minimum Gasteiger partial charge on any atom is -0.489 e. The first-order valence-electron chi connectivity index (χ1n) is 15.4. The lowest BCUT2D eigenvalue weighted by Gasteiger charge is -2.24. The Hall–Kier alpha value is -4.58. The van der Waals surface area contributed by atoms with Crippen molar-refractivity contribution >= 4 is 0 Å². The number of hydrazine groups is 1. The van der Waals surface area contributed by atoms with E-state index >= 15 is 0 Å². The van der Waals surface area contributed by atoms with Gasteiger partial charge in [-0.2, -0.15) is 0 Å². The number of hydrogen-bond donors (Lipinski definition) is 1. The summed E-state index contributed by atoms with van der Waals surface area (Å²) in [6.07, 6.45) is 2.74. The molecular weight excluding hydrogens is 544 g/mol. The summed E-state index contributed by atoms with van der Waals surface area (Å²) in [6.45, 7) is 4.47. The van der Waals surface area contributed by atoms with E-state index in [-0.39, 0.29) is 6.04 Å². The number of rotatable bonds is 16. The minimum atomic E-state index is 0.242. The highest BCUT2D eigenvalue weighted by atomic mass is 16.5. The Balaban J connectivity index is 1.11. The highest BCUT2D eigenvalue weighted by Crippen LogP contribution is 2.30. The molecule has 0 aliphatic carbocycles. The summed E-state index contributed by atoms with van der Waals surface area (Å²) in [4.78, 5) is 0. The predicted molar refractivity (Wildman–Crippen MR) is 178 cm³/mol. The Morgan fingerprint density at radius 1 is 0.523 bits per heavy atom. The van der Waals surface area contributed by atoms with Crippen LogP contribution in [0.3, 0.4) is 0 Å². The average Bonchev–Trinajstić information content (AvgIpc) is 3.09. The molecule has 0 saturated carbocycles. The van der Waals surface area contributed by atoms with Crippen molar-refractivity contribution in [2.45, 2.75) is 52.0 Å². The average molecular weight is 587 g/mol. The van der Waals surface area contributed by atoms with Crippen LogP contribution in [0.4, 0.5) is 0 Å². The summed E-state index contributed by atoms with van der Waals surface area (Å²) < 4.78 is 18.4. The quantitative estimate of drug-likeness (QED) is 0.0934. The van der Waals surface area contributed by atoms with Gasteiger partial charge in [-0.05, 0) is 78.3 Å². The Kier molecular flexibility index (Phi) is 11.4. The molecule has 0 radical (unpaired) electrons. The van der Waals surface area contributed by atoms with Crippen molar-refractivity contribution in [1.82, 2.24) is 5.01 Å². The molecule has 5 heteroatoms. The molecule has 0 saturated heterocycles. The second-order valence-electron chi connectivity index (χ2n) is 11.1. The summed E-state index contributed by atoms with van der Waals surface area (Å²) in [7, 11) is 0. The molecule has 0 spiro atoms. The van der Waals surface area contributed by atoms with Crippen LogP contribution in [-0.2, 0) is 32.7 Å². The van der Waals surface area contributed by atoms with Gasteiger partial charge in [0.15, 0.2) is 11.5 Å². The van der Waals surface area contributed by atoms with Gasteiger partial charge in [0.25, 0.3) is 0 Å². The fourth-order valence-corrected chi connectivity index (χ4v) is 4.92. The molecule has 0 amide bonds. The topological polar surface area (TPSA) is 57.0 Å². The van der Waals surface area contributed by atoms with E-state index in [4.69, 9.17) is 20.1 Å². The summed E-state index contributed by atoms with van der Waals surface area (Å²) in [5.74, 6) is 8.89. The lowest BCUT2D eigenvalue weighted by Crippen LogP contribution is -2.40. The van der Waals surface area contributed by atoms with Crippen LogP contribution in [0.5, 0.6) is 17.2 Å². The van der Waals surface area contributed by atoms with E-state index in [0.717, 1.165) is 65.3 Å². The number of nitrogens with two attached hydrogens (primary N) is 1. The van der Waals surface area contributed by atoms with E-state index in [2.05, 4.69) is 67.6 Å². The molecule has 5 nitrogen and oxygen atoms in total. The maximum atomic E-state index is 6.52. The Morgan fingerprint density at radius 2 is 1.02 bits per heavy atom. The summed E-state index contributed by atoms with van der Waals surface area (Å²) in [5.41, 5.74) is 5.84. The molecule has 0 aliphatic heterocycles. The Bertz CT molecular complexity index is 1530. The van der Waals surface area contributed by atoms with Gasteiger partial charge in [0.1, 0.15) is 25.6 Å². The number of ether oxygens (including phenoxy) is 3. The lowest BCUT2D eigenvalue weighted by atomic mass is 10.1. The van der Waals surface area contributed by atoms with Crippen LogP contribution in [0.1, 0.15) is 41.2 Å². The third-order valence-corrected chi connectivity index (χ3v) is 7.73. The zero-order valence-electron chi connectivity index (χ0n) is 25.5. The molecule has 226 valence electrons. The highest BCUT2D eigenvalue weighted by molar-refractivity contribution is 5.43. The molecule has 44 heavy (non-hydrogen) atoms. The fourth-order valence-electron chi connectivity index (χ4n) is 4.92. The van der Waals surface area contributed by atoms with Crippen molar-refractivity contribution in [3.8, 4) is 17.2 Å². The molecule has 0 heterocycles. The van der Waals surface area contributed by atoms with Gasteiger partial charge in [-0.25, -0.2) is 5.01 Å². The maximum absolute atomic E-state index is 6.52. The van der Waals surface area contributed by atoms with E-state index < -0.39 is 0 Å². The van der Waals surface area contributed by atoms with Crippen molar-refractivity contribution in [3.63, 3.8) is 0 Å². The third kappa shape index (κ3) is 9.73. The Morgan fingerprint density at radius 3 is 1.59 bits per heavy atom. The summed E-state index contributed by atoms with van der Waals surface area (Å²) >= 11 is 0. The van der Waals surface area contributed by atoms with Gasteiger partial charge in [0.05, 0.1) is 0 Å². The SMILES string of the molecule is CC(CCc1ccc(OCc2ccccc2)cc1)N(N)CCc1ccc(OCc2ccccc2)c(OCc2ccccc2)c1. The first-order valence-corrected chi connectivity index (χ1v) is 15.4. The molecule has 5 aromatic rings. The Labute approximate surface area is 261 Å². The first kappa shape index (κ1) is 30.9. The van der Waals surface area contributed by atoms with Crippen LogP contribution in [-0.4, -0.2) is 17.6 Å². The van der Waals surface area contributed by atoms with Crippen LogP contribution in [0.25, 0.3) is 0 Å². The van der Waals surface area contributed by atoms with Crippen LogP contribution in [0.2, 0.25) is 0 Å². The smallest absolute Gasteiger partial charge is 0.161 e. The molecule has 2 N–H and O–H groups in total. The predicted octanol–water partition coefficient (Wildman–Crippen LogP) is 8.16. The first-order chi connectivity index (χ1) is 21.6. The van der Waals surface area contributed by atoms with Gasteiger partial charge in [0.2, 0.25) is 0 Å². The monoisotopic (exact) mass is 586 g/mol. The summed E-state index contributed by atoms with van der Waals surface area (Å²) in [5, 5.41) is 1.95. The lowest BCUT2D eigenvalue weighted by molar-refractivity contribution is 0.206. The van der Waals surface area contributed by atoms with Crippen molar-refractivity contribution in [2.75, 3.05) is 6.54 Å². The number of hydrogen-bond acceptors (Lipinski definition) is 5. The van der Waals surface area contributed by atoms with Gasteiger partial charge in [-0.3, -0.25) is 5.84 Å². The number of aryl methyl sites for hydroxylation is 1. The van der Waals surface area contributed by atoms with Gasteiger partial charge >= 0.3 is 0 Å². The molecule has 5 aromatic carbocycles. The highest BCUT2D eigenvalue weighted by Gasteiger charge is 2.13. The second kappa shape index (κ2) is 16.3. The zero-order chi connectivity index (χ0) is 30.4. The molecule has 1 atom stereocenters. The number of nitrogens with zero attached hydrogens (tertiary/aromatic N) is 1. The molecule has 1 unspecified atom stereocenters. The minimum absolute atomic E-state index is 0.242. The van der Waals surface area contributed by atoms with Crippen molar-refractivity contribution in [2.24, 2.45) is 5.84 Å². The molecule has 0 aromatic heterocycles. The van der Waals surface area contributed by atoms with Crippen LogP contribution in [0, 0.1) is 0 Å². The van der Waals surface area contributed by atoms with Crippen molar-refractivity contribution in [1.29, 1.82) is 0 Å². The van der Waals surface area contributed by atoms with E-state index in [1.807, 2.05) is 77.8 Å². The van der Waals surface area contributed by atoms with Crippen molar-refractivity contribution < 1.29 is 14.2 Å². The molecular formula is C39H42N2O3. The largest absolute Gasteiger partial charge is 0.489 e. The fraction of sp³-hybridized carbons (Fsp3) is 0.231. The van der Waals surface area contributed by atoms with Crippen LogP contribution < -0.4 is 20.1 Å². The van der Waals surface area contributed by atoms with E-state index in [0.29, 0.717) is 19.8 Å². The zero-order valence-corrected chi connectivity index (χ0v) is 25.5. The van der Waals surface area contributed by atoms with E-state index in [1.54, 1.807) is 0 Å². The molecule has 5 rings (SSSR count). The van der Waals surface area contributed by atoms with Crippen molar-refractivity contribution in [3.05, 3.63) is 161 Å². The van der Waals surface area contributed by atoms with Gasteiger partial charge in [0, 0.05) is 12.6 Å². The number of benzene rings is 5. The normalized spacial score (nSPS) is 11.7. The van der Waals surface area contributed by atoms with Gasteiger partial charge < -0.3 is 14.2 Å². The van der Waals surface area contributed by atoms with E-state index in [1.165, 1.54) is 5.56 Å². The van der Waals surface area contributed by atoms with Gasteiger partial charge in [-0.1, -0.05) is 109 Å². The molecule has 0 fully saturated rings. The van der Waals surface area contributed by atoms with Crippen LogP contribution >= 0.6 is 0 Å².